The first-order chi connectivity index (χ1) is 8.69. The molecule has 2 aromatic rings. The summed E-state index contributed by atoms with van der Waals surface area (Å²) in [6.45, 7) is 0.475. The van der Waals surface area contributed by atoms with Crippen molar-refractivity contribution in [2.45, 2.75) is 9.92 Å². The van der Waals surface area contributed by atoms with E-state index in [4.69, 9.17) is 0 Å². The number of fused-ring (bicyclic) bond motifs is 1. The lowest BCUT2D eigenvalue weighted by atomic mass is 10.3. The molecule has 0 saturated heterocycles. The molecule has 94 valence electrons. The molecule has 3 rings (SSSR count). The molecular formula is C11H11N3O2S2. The molecule has 0 spiro atoms. The summed E-state index contributed by atoms with van der Waals surface area (Å²) in [7, 11) is -3.53. The lowest BCUT2D eigenvalue weighted by Crippen LogP contribution is -2.35. The highest BCUT2D eigenvalue weighted by Crippen LogP contribution is 2.36. The summed E-state index contributed by atoms with van der Waals surface area (Å²) < 4.78 is 26.3. The number of aromatic nitrogens is 2. The smallest absolute Gasteiger partial charge is 0.281 e. The molecular weight excluding hydrogens is 270 g/mol. The Balaban J connectivity index is 2.10. The molecule has 0 fully saturated rings. The molecule has 7 heteroatoms. The molecule has 0 radical (unpaired) electrons. The van der Waals surface area contributed by atoms with Crippen molar-refractivity contribution >= 4 is 27.5 Å². The van der Waals surface area contributed by atoms with E-state index in [9.17, 15) is 8.42 Å². The molecule has 0 amide bonds. The van der Waals surface area contributed by atoms with Crippen LogP contribution in [0.1, 0.15) is 0 Å². The Labute approximate surface area is 109 Å². The van der Waals surface area contributed by atoms with Gasteiger partial charge in [-0.1, -0.05) is 12.1 Å². The number of para-hydroxylation sites is 1. The Bertz CT molecular complexity index is 653. The van der Waals surface area contributed by atoms with Crippen LogP contribution in [0.5, 0.6) is 0 Å². The monoisotopic (exact) mass is 281 g/mol. The van der Waals surface area contributed by atoms with Gasteiger partial charge in [0.1, 0.15) is 0 Å². The van der Waals surface area contributed by atoms with Crippen LogP contribution in [0.3, 0.4) is 0 Å². The maximum atomic E-state index is 12.5. The number of rotatable bonds is 2. The highest BCUT2D eigenvalue weighted by Gasteiger charge is 2.29. The predicted molar refractivity (Wildman–Crippen MR) is 70.3 cm³/mol. The van der Waals surface area contributed by atoms with Gasteiger partial charge >= 0.3 is 0 Å². The van der Waals surface area contributed by atoms with E-state index in [-0.39, 0.29) is 5.03 Å². The summed E-state index contributed by atoms with van der Waals surface area (Å²) >= 11 is 1.67. The van der Waals surface area contributed by atoms with Crippen molar-refractivity contribution in [1.82, 2.24) is 9.97 Å². The number of H-pyrrole nitrogens is 1. The molecule has 2 heterocycles. The molecule has 1 N–H and O–H groups in total. The second-order valence-electron chi connectivity index (χ2n) is 3.81. The third kappa shape index (κ3) is 1.79. The summed E-state index contributed by atoms with van der Waals surface area (Å²) in [5.74, 6) is 0.754. The molecule has 5 nitrogen and oxygen atoms in total. The Morgan fingerprint density at radius 1 is 1.33 bits per heavy atom. The lowest BCUT2D eigenvalue weighted by molar-refractivity contribution is 0.588. The van der Waals surface area contributed by atoms with Gasteiger partial charge in [-0.05, 0) is 12.1 Å². The van der Waals surface area contributed by atoms with Crippen molar-refractivity contribution in [3.8, 4) is 0 Å². The van der Waals surface area contributed by atoms with E-state index < -0.39 is 10.0 Å². The normalized spacial score (nSPS) is 15.4. The maximum absolute atomic E-state index is 12.5. The van der Waals surface area contributed by atoms with Crippen LogP contribution in [-0.2, 0) is 10.0 Å². The van der Waals surface area contributed by atoms with Crippen molar-refractivity contribution in [3.05, 3.63) is 36.8 Å². The number of aromatic amines is 1. The Morgan fingerprint density at radius 3 is 2.94 bits per heavy atom. The van der Waals surface area contributed by atoms with Crippen LogP contribution in [0.25, 0.3) is 0 Å². The molecule has 1 aromatic carbocycles. The summed E-state index contributed by atoms with van der Waals surface area (Å²) in [5.41, 5.74) is 0.739. The zero-order valence-electron chi connectivity index (χ0n) is 9.41. The molecule has 0 bridgehead atoms. The standard InChI is InChI=1S/C11H11N3O2S2/c15-18(16,11-7-12-8-13-11)14-5-6-17-10-4-2-1-3-9(10)14/h1-4,7-8H,5-6H2,(H,12,13). The van der Waals surface area contributed by atoms with Gasteiger partial charge in [0.05, 0.1) is 18.2 Å². The summed E-state index contributed by atoms with van der Waals surface area (Å²) in [6.07, 6.45) is 2.71. The summed E-state index contributed by atoms with van der Waals surface area (Å²) in [4.78, 5) is 7.42. The van der Waals surface area contributed by atoms with Gasteiger partial charge < -0.3 is 4.98 Å². The van der Waals surface area contributed by atoms with Crippen molar-refractivity contribution < 1.29 is 8.42 Å². The SMILES string of the molecule is O=S(=O)(c1cnc[nH]1)N1CCSc2ccccc21. The van der Waals surface area contributed by atoms with Crippen molar-refractivity contribution in [3.63, 3.8) is 0 Å². The second-order valence-corrected chi connectivity index (χ2v) is 6.78. The Kier molecular flexibility index (Phi) is 2.79. The average Bonchev–Trinajstić information content (AvgIpc) is 2.92. The van der Waals surface area contributed by atoms with Gasteiger partial charge in [0.2, 0.25) is 0 Å². The third-order valence-electron chi connectivity index (χ3n) is 2.73. The van der Waals surface area contributed by atoms with Gasteiger partial charge in [-0.2, -0.15) is 8.42 Å². The second kappa shape index (κ2) is 4.33. The highest BCUT2D eigenvalue weighted by atomic mass is 32.2. The fraction of sp³-hybridized carbons (Fsp3) is 0.182. The third-order valence-corrected chi connectivity index (χ3v) is 5.51. The molecule has 0 aliphatic carbocycles. The van der Waals surface area contributed by atoms with Gasteiger partial charge in [0.25, 0.3) is 10.0 Å². The van der Waals surface area contributed by atoms with Crippen LogP contribution in [0, 0.1) is 0 Å². The Hall–Kier alpha value is -1.47. The van der Waals surface area contributed by atoms with Crippen LogP contribution in [0.15, 0.2) is 46.7 Å². The number of hydrogen-bond donors (Lipinski definition) is 1. The number of nitrogens with one attached hydrogen (secondary N) is 1. The fourth-order valence-corrected chi connectivity index (χ4v) is 4.45. The number of nitrogens with zero attached hydrogens (tertiary/aromatic N) is 2. The lowest BCUT2D eigenvalue weighted by Gasteiger charge is -2.29. The van der Waals surface area contributed by atoms with Gasteiger partial charge in [0, 0.05) is 17.2 Å². The van der Waals surface area contributed by atoms with Crippen LogP contribution >= 0.6 is 11.8 Å². The fourth-order valence-electron chi connectivity index (χ4n) is 1.90. The Morgan fingerprint density at radius 2 is 2.17 bits per heavy atom. The largest absolute Gasteiger partial charge is 0.334 e. The van der Waals surface area contributed by atoms with E-state index in [0.717, 1.165) is 16.3 Å². The zero-order valence-corrected chi connectivity index (χ0v) is 11.0. The average molecular weight is 281 g/mol. The van der Waals surface area contributed by atoms with Crippen LogP contribution < -0.4 is 4.31 Å². The van der Waals surface area contributed by atoms with Crippen LogP contribution in [0.2, 0.25) is 0 Å². The van der Waals surface area contributed by atoms with E-state index in [1.165, 1.54) is 16.8 Å². The number of imidazole rings is 1. The van der Waals surface area contributed by atoms with Crippen LogP contribution in [-0.4, -0.2) is 30.7 Å². The number of anilines is 1. The molecule has 1 aliphatic rings. The van der Waals surface area contributed by atoms with E-state index >= 15 is 0 Å². The minimum Gasteiger partial charge on any atom is -0.334 e. The quantitative estimate of drug-likeness (QED) is 0.910. The van der Waals surface area contributed by atoms with Gasteiger partial charge in [-0.25, -0.2) is 4.98 Å². The number of hydrogen-bond acceptors (Lipinski definition) is 4. The number of sulfonamides is 1. The molecule has 0 saturated carbocycles. The van der Waals surface area contributed by atoms with Crippen molar-refractivity contribution in [1.29, 1.82) is 0 Å². The minimum absolute atomic E-state index is 0.129. The first-order valence-electron chi connectivity index (χ1n) is 5.42. The molecule has 0 atom stereocenters. The van der Waals surface area contributed by atoms with Crippen molar-refractivity contribution in [2.24, 2.45) is 0 Å². The first-order valence-corrected chi connectivity index (χ1v) is 7.85. The van der Waals surface area contributed by atoms with Crippen LogP contribution in [0.4, 0.5) is 5.69 Å². The highest BCUT2D eigenvalue weighted by molar-refractivity contribution is 8.00. The number of thioether (sulfide) groups is 1. The molecule has 0 unspecified atom stereocenters. The zero-order chi connectivity index (χ0) is 12.6. The first kappa shape index (κ1) is 11.6. The van der Waals surface area contributed by atoms with E-state index in [2.05, 4.69) is 9.97 Å². The van der Waals surface area contributed by atoms with Crippen molar-refractivity contribution in [2.75, 3.05) is 16.6 Å². The van der Waals surface area contributed by atoms with Gasteiger partial charge in [-0.3, -0.25) is 4.31 Å². The summed E-state index contributed by atoms with van der Waals surface area (Å²) in [6, 6.07) is 7.53. The summed E-state index contributed by atoms with van der Waals surface area (Å²) in [5, 5.41) is 0.129. The predicted octanol–water partition coefficient (Wildman–Crippen LogP) is 1.71. The van der Waals surface area contributed by atoms with Gasteiger partial charge in [0.15, 0.2) is 5.03 Å². The molecule has 1 aliphatic heterocycles. The van der Waals surface area contributed by atoms with E-state index in [1.54, 1.807) is 11.8 Å². The number of benzene rings is 1. The molecule has 1 aromatic heterocycles. The van der Waals surface area contributed by atoms with E-state index in [0.29, 0.717) is 6.54 Å². The minimum atomic E-state index is -3.53. The maximum Gasteiger partial charge on any atom is 0.281 e. The topological polar surface area (TPSA) is 66.1 Å². The molecule has 18 heavy (non-hydrogen) atoms. The van der Waals surface area contributed by atoms with E-state index in [1.807, 2.05) is 24.3 Å². The van der Waals surface area contributed by atoms with Gasteiger partial charge in [-0.15, -0.1) is 11.8 Å².